The highest BCUT2D eigenvalue weighted by molar-refractivity contribution is 6.07. The maximum atomic E-state index is 13.1. The van der Waals surface area contributed by atoms with Crippen LogP contribution in [-0.4, -0.2) is 28.1 Å². The van der Waals surface area contributed by atoms with Crippen molar-refractivity contribution in [2.75, 3.05) is 0 Å². The summed E-state index contributed by atoms with van der Waals surface area (Å²) in [6.45, 7) is 0. The molecule has 6 heteroatoms. The standard InChI is InChI=1S/C24H18O6/c25-17-13-18(26)21-19(14-17)29-23(16-9-5-2-6-10-16)24(22(21)28)30-20(27)12-11-15-7-3-1-4-8-15/h1-14,23-26H/t23-,24+/m1/s1. The van der Waals surface area contributed by atoms with Gasteiger partial charge in [-0.15, -0.1) is 0 Å². The number of Topliss-reactive ketones (excluding diaryl/α,β-unsaturated/α-hetero) is 1. The molecule has 0 radical (unpaired) electrons. The molecule has 2 N–H and O–H groups in total. The normalized spacial score (nSPS) is 17.9. The van der Waals surface area contributed by atoms with E-state index in [-0.39, 0.29) is 17.1 Å². The monoisotopic (exact) mass is 402 g/mol. The van der Waals surface area contributed by atoms with Gasteiger partial charge in [-0.2, -0.15) is 0 Å². The van der Waals surface area contributed by atoms with Gasteiger partial charge in [0, 0.05) is 18.2 Å². The Hall–Kier alpha value is -4.06. The van der Waals surface area contributed by atoms with Crippen molar-refractivity contribution in [2.24, 2.45) is 0 Å². The molecule has 3 aromatic rings. The minimum Gasteiger partial charge on any atom is -0.508 e. The molecule has 0 aliphatic carbocycles. The second-order valence-electron chi connectivity index (χ2n) is 6.75. The molecule has 0 bridgehead atoms. The van der Waals surface area contributed by atoms with Gasteiger partial charge in [0.1, 0.15) is 22.8 Å². The quantitative estimate of drug-likeness (QED) is 0.505. The van der Waals surface area contributed by atoms with Crippen LogP contribution in [0, 0.1) is 0 Å². The number of benzene rings is 3. The van der Waals surface area contributed by atoms with Crippen molar-refractivity contribution in [3.63, 3.8) is 0 Å². The van der Waals surface area contributed by atoms with Crippen molar-refractivity contribution >= 4 is 17.8 Å². The number of carbonyl (C=O) groups is 2. The third-order valence-electron chi connectivity index (χ3n) is 4.68. The molecule has 30 heavy (non-hydrogen) atoms. The van der Waals surface area contributed by atoms with E-state index in [4.69, 9.17) is 9.47 Å². The number of hydrogen-bond acceptors (Lipinski definition) is 6. The van der Waals surface area contributed by atoms with Crippen LogP contribution < -0.4 is 4.74 Å². The summed E-state index contributed by atoms with van der Waals surface area (Å²) in [4.78, 5) is 25.6. The topological polar surface area (TPSA) is 93.1 Å². The fourth-order valence-electron chi connectivity index (χ4n) is 3.30. The summed E-state index contributed by atoms with van der Waals surface area (Å²) in [5, 5.41) is 19.9. The molecule has 4 rings (SSSR count). The molecule has 2 atom stereocenters. The Labute approximate surface area is 172 Å². The molecule has 1 aliphatic heterocycles. The van der Waals surface area contributed by atoms with Gasteiger partial charge in [-0.25, -0.2) is 4.79 Å². The van der Waals surface area contributed by atoms with Gasteiger partial charge in [0.2, 0.25) is 11.9 Å². The predicted molar refractivity (Wildman–Crippen MR) is 109 cm³/mol. The Kier molecular flexibility index (Phi) is 5.22. The number of esters is 1. The highest BCUT2D eigenvalue weighted by Gasteiger charge is 2.42. The van der Waals surface area contributed by atoms with Crippen molar-refractivity contribution in [1.29, 1.82) is 0 Å². The first-order valence-corrected chi connectivity index (χ1v) is 9.28. The summed E-state index contributed by atoms with van der Waals surface area (Å²) in [6.07, 6.45) is 0.582. The van der Waals surface area contributed by atoms with Crippen molar-refractivity contribution in [3.05, 3.63) is 95.6 Å². The van der Waals surface area contributed by atoms with Crippen LogP contribution in [0.25, 0.3) is 6.08 Å². The summed E-state index contributed by atoms with van der Waals surface area (Å²) in [5.41, 5.74) is 1.28. The summed E-state index contributed by atoms with van der Waals surface area (Å²) in [6, 6.07) is 20.3. The summed E-state index contributed by atoms with van der Waals surface area (Å²) >= 11 is 0. The lowest BCUT2D eigenvalue weighted by molar-refractivity contribution is -0.145. The average Bonchev–Trinajstić information content (AvgIpc) is 2.75. The van der Waals surface area contributed by atoms with Crippen LogP contribution in [0.3, 0.4) is 0 Å². The third kappa shape index (κ3) is 3.89. The highest BCUT2D eigenvalue weighted by atomic mass is 16.6. The molecule has 6 nitrogen and oxygen atoms in total. The molecule has 0 spiro atoms. The number of aromatic hydroxyl groups is 2. The first-order valence-electron chi connectivity index (χ1n) is 9.28. The van der Waals surface area contributed by atoms with Gasteiger partial charge in [0.15, 0.2) is 6.10 Å². The number of phenols is 2. The zero-order chi connectivity index (χ0) is 21.1. The number of phenolic OH excluding ortho intramolecular Hbond substituents is 2. The first kappa shape index (κ1) is 19.3. The van der Waals surface area contributed by atoms with Crippen LogP contribution in [0.4, 0.5) is 0 Å². The maximum Gasteiger partial charge on any atom is 0.331 e. The molecule has 3 aromatic carbocycles. The lowest BCUT2D eigenvalue weighted by atomic mass is 9.92. The number of carbonyl (C=O) groups excluding carboxylic acids is 2. The number of hydrogen-bond donors (Lipinski definition) is 2. The van der Waals surface area contributed by atoms with Crippen LogP contribution in [0.2, 0.25) is 0 Å². The van der Waals surface area contributed by atoms with Crippen LogP contribution in [-0.2, 0) is 9.53 Å². The van der Waals surface area contributed by atoms with Crippen LogP contribution in [0.1, 0.15) is 27.6 Å². The lowest BCUT2D eigenvalue weighted by Gasteiger charge is -2.32. The summed E-state index contributed by atoms with van der Waals surface area (Å²) in [5.74, 6) is -1.99. The smallest absolute Gasteiger partial charge is 0.331 e. The van der Waals surface area contributed by atoms with Crippen molar-refractivity contribution in [1.82, 2.24) is 0 Å². The van der Waals surface area contributed by atoms with Gasteiger partial charge in [-0.3, -0.25) is 4.79 Å². The molecule has 0 saturated heterocycles. The zero-order valence-electron chi connectivity index (χ0n) is 15.8. The van der Waals surface area contributed by atoms with E-state index in [0.29, 0.717) is 5.56 Å². The Morgan fingerprint density at radius 2 is 1.63 bits per heavy atom. The fourth-order valence-corrected chi connectivity index (χ4v) is 3.30. The number of fused-ring (bicyclic) bond motifs is 1. The fraction of sp³-hybridized carbons (Fsp3) is 0.0833. The Morgan fingerprint density at radius 1 is 0.967 bits per heavy atom. The third-order valence-corrected chi connectivity index (χ3v) is 4.68. The van der Waals surface area contributed by atoms with Gasteiger partial charge in [-0.1, -0.05) is 60.7 Å². The van der Waals surface area contributed by atoms with Gasteiger partial charge in [0.05, 0.1) is 0 Å². The SMILES string of the molecule is O=C(C=Cc1ccccc1)O[C@H]1C(=O)c2c(O)cc(O)cc2O[C@@H]1c1ccccc1. The molecule has 0 saturated carbocycles. The molecular formula is C24H18O6. The maximum absolute atomic E-state index is 13.1. The minimum absolute atomic E-state index is 0.0264. The van der Waals surface area contributed by atoms with Crippen LogP contribution >= 0.6 is 0 Å². The Morgan fingerprint density at radius 3 is 2.33 bits per heavy atom. The van der Waals surface area contributed by atoms with E-state index in [0.717, 1.165) is 11.6 Å². The van der Waals surface area contributed by atoms with Gasteiger partial charge >= 0.3 is 5.97 Å². The van der Waals surface area contributed by atoms with Gasteiger partial charge in [0.25, 0.3) is 0 Å². The average molecular weight is 402 g/mol. The minimum atomic E-state index is -1.30. The van der Waals surface area contributed by atoms with Crippen LogP contribution in [0.15, 0.2) is 78.9 Å². The molecule has 0 unspecified atom stereocenters. The van der Waals surface area contributed by atoms with Gasteiger partial charge < -0.3 is 19.7 Å². The number of ketones is 1. The summed E-state index contributed by atoms with van der Waals surface area (Å²) in [7, 11) is 0. The number of ether oxygens (including phenoxy) is 2. The van der Waals surface area contributed by atoms with E-state index in [1.165, 1.54) is 12.1 Å². The van der Waals surface area contributed by atoms with E-state index in [1.807, 2.05) is 36.4 Å². The van der Waals surface area contributed by atoms with E-state index in [9.17, 15) is 19.8 Å². The Bertz CT molecular complexity index is 1110. The molecule has 0 fully saturated rings. The van der Waals surface area contributed by atoms with E-state index >= 15 is 0 Å². The predicted octanol–water partition coefficient (Wildman–Crippen LogP) is 4.04. The Balaban J connectivity index is 1.66. The molecule has 1 heterocycles. The second-order valence-corrected chi connectivity index (χ2v) is 6.75. The van der Waals surface area contributed by atoms with Crippen LogP contribution in [0.5, 0.6) is 17.2 Å². The molecule has 1 aliphatic rings. The van der Waals surface area contributed by atoms with Crippen molar-refractivity contribution in [2.45, 2.75) is 12.2 Å². The van der Waals surface area contributed by atoms with Crippen molar-refractivity contribution < 1.29 is 29.3 Å². The zero-order valence-corrected chi connectivity index (χ0v) is 15.8. The van der Waals surface area contributed by atoms with Gasteiger partial charge in [-0.05, 0) is 17.2 Å². The first-order chi connectivity index (χ1) is 14.5. The van der Waals surface area contributed by atoms with E-state index in [1.54, 1.807) is 30.3 Å². The number of rotatable bonds is 4. The van der Waals surface area contributed by atoms with E-state index in [2.05, 4.69) is 0 Å². The van der Waals surface area contributed by atoms with Crippen molar-refractivity contribution in [3.8, 4) is 17.2 Å². The molecule has 150 valence electrons. The molecule has 0 amide bonds. The summed E-state index contributed by atoms with van der Waals surface area (Å²) < 4.78 is 11.3. The lowest BCUT2D eigenvalue weighted by Crippen LogP contribution is -2.39. The second kappa shape index (κ2) is 8.13. The largest absolute Gasteiger partial charge is 0.508 e. The molecular weight excluding hydrogens is 384 g/mol. The molecule has 0 aromatic heterocycles. The van der Waals surface area contributed by atoms with E-state index < -0.39 is 29.7 Å². The highest BCUT2D eigenvalue weighted by Crippen LogP contribution is 2.42.